The van der Waals surface area contributed by atoms with E-state index in [9.17, 15) is 0 Å². The number of hydrogen-bond donors (Lipinski definition) is 0. The van der Waals surface area contributed by atoms with Crippen molar-refractivity contribution in [3.05, 3.63) is 36.0 Å². The molecular formula is C13H17N3O. The minimum atomic E-state index is 0.763. The van der Waals surface area contributed by atoms with Gasteiger partial charge in [0.05, 0.1) is 18.4 Å². The van der Waals surface area contributed by atoms with E-state index in [0.29, 0.717) is 0 Å². The van der Waals surface area contributed by atoms with Crippen molar-refractivity contribution in [2.45, 2.75) is 6.92 Å². The van der Waals surface area contributed by atoms with Crippen LogP contribution in [0.15, 0.2) is 30.3 Å². The van der Waals surface area contributed by atoms with Gasteiger partial charge in [0.25, 0.3) is 0 Å². The number of aromatic nitrogens is 2. The summed E-state index contributed by atoms with van der Waals surface area (Å²) in [5.41, 5.74) is 3.12. The minimum absolute atomic E-state index is 0.763. The van der Waals surface area contributed by atoms with Gasteiger partial charge in [-0.1, -0.05) is 30.3 Å². The third-order valence-electron chi connectivity index (χ3n) is 2.64. The van der Waals surface area contributed by atoms with Gasteiger partial charge in [0.1, 0.15) is 0 Å². The van der Waals surface area contributed by atoms with Crippen molar-refractivity contribution < 1.29 is 4.74 Å². The highest BCUT2D eigenvalue weighted by molar-refractivity contribution is 5.71. The molecule has 0 aliphatic carbocycles. The molecule has 1 aromatic heterocycles. The van der Waals surface area contributed by atoms with Crippen LogP contribution in [0.1, 0.15) is 5.69 Å². The maximum atomic E-state index is 5.47. The Hall–Kier alpha value is -1.97. The van der Waals surface area contributed by atoms with Gasteiger partial charge in [-0.15, -0.1) is 4.79 Å². The van der Waals surface area contributed by atoms with Gasteiger partial charge in [-0.05, 0) is 12.5 Å². The molecule has 0 saturated carbocycles. The summed E-state index contributed by atoms with van der Waals surface area (Å²) in [4.78, 5) is 1.76. The molecule has 0 spiro atoms. The Morgan fingerprint density at radius 3 is 2.35 bits per heavy atom. The number of hydrogen-bond acceptors (Lipinski definition) is 3. The molecule has 0 atom stereocenters. The van der Waals surface area contributed by atoms with Crippen molar-refractivity contribution in [3.8, 4) is 17.0 Å². The third-order valence-corrected chi connectivity index (χ3v) is 2.64. The molecule has 2 aromatic rings. The Kier molecular flexibility index (Phi) is 3.04. The number of aryl methyl sites for hydroxylation is 1. The first-order valence-electron chi connectivity index (χ1n) is 5.51. The SMILES string of the molecule is COc1c(-c2ccccc2)c(C)nn1N(C)C. The van der Waals surface area contributed by atoms with Crippen LogP contribution in [-0.2, 0) is 0 Å². The van der Waals surface area contributed by atoms with E-state index in [1.807, 2.05) is 44.2 Å². The highest BCUT2D eigenvalue weighted by atomic mass is 16.5. The van der Waals surface area contributed by atoms with Gasteiger partial charge < -0.3 is 4.74 Å². The fraction of sp³-hybridized carbons (Fsp3) is 0.308. The molecule has 0 N–H and O–H groups in total. The average Bonchev–Trinajstić information content (AvgIpc) is 2.67. The second kappa shape index (κ2) is 4.49. The lowest BCUT2D eigenvalue weighted by Crippen LogP contribution is -2.26. The van der Waals surface area contributed by atoms with Crippen molar-refractivity contribution in [2.75, 3.05) is 26.2 Å². The molecular weight excluding hydrogens is 214 g/mol. The van der Waals surface area contributed by atoms with E-state index in [2.05, 4.69) is 17.2 Å². The molecule has 0 radical (unpaired) electrons. The van der Waals surface area contributed by atoms with Gasteiger partial charge >= 0.3 is 0 Å². The van der Waals surface area contributed by atoms with E-state index in [4.69, 9.17) is 4.74 Å². The van der Waals surface area contributed by atoms with Crippen molar-refractivity contribution in [2.24, 2.45) is 0 Å². The van der Waals surface area contributed by atoms with Crippen molar-refractivity contribution in [1.29, 1.82) is 0 Å². The first-order chi connectivity index (χ1) is 8.15. The summed E-state index contributed by atoms with van der Waals surface area (Å²) in [7, 11) is 5.54. The van der Waals surface area contributed by atoms with Gasteiger partial charge in [-0.3, -0.25) is 5.01 Å². The summed E-state index contributed by atoms with van der Waals surface area (Å²) in [5, 5.41) is 6.36. The van der Waals surface area contributed by atoms with E-state index in [1.54, 1.807) is 11.9 Å². The quantitative estimate of drug-likeness (QED) is 0.810. The first-order valence-corrected chi connectivity index (χ1v) is 5.51. The zero-order valence-electron chi connectivity index (χ0n) is 10.6. The molecule has 0 aliphatic rings. The summed E-state index contributed by atoms with van der Waals surface area (Å²) >= 11 is 0. The summed E-state index contributed by atoms with van der Waals surface area (Å²) in [6, 6.07) is 10.2. The monoisotopic (exact) mass is 231 g/mol. The second-order valence-electron chi connectivity index (χ2n) is 4.07. The molecule has 4 nitrogen and oxygen atoms in total. The molecule has 1 heterocycles. The van der Waals surface area contributed by atoms with Crippen LogP contribution in [0, 0.1) is 6.92 Å². The van der Waals surface area contributed by atoms with Crippen LogP contribution in [-0.4, -0.2) is 31.1 Å². The summed E-state index contributed by atoms with van der Waals surface area (Å²) in [6.07, 6.45) is 0. The minimum Gasteiger partial charge on any atom is -0.479 e. The number of benzene rings is 1. The summed E-state index contributed by atoms with van der Waals surface area (Å²) < 4.78 is 5.47. The number of methoxy groups -OCH3 is 1. The molecule has 0 amide bonds. The number of rotatable bonds is 3. The van der Waals surface area contributed by atoms with Gasteiger partial charge in [0.2, 0.25) is 5.88 Å². The van der Waals surface area contributed by atoms with Crippen LogP contribution in [0.4, 0.5) is 0 Å². The molecule has 0 aliphatic heterocycles. The molecule has 90 valence electrons. The Morgan fingerprint density at radius 2 is 1.82 bits per heavy atom. The zero-order valence-corrected chi connectivity index (χ0v) is 10.6. The molecule has 0 bridgehead atoms. The standard InChI is InChI=1S/C13H17N3O/c1-10-12(11-8-6-5-7-9-11)13(17-4)16(14-10)15(2)3/h5-9H,1-4H3. The van der Waals surface area contributed by atoms with E-state index in [-0.39, 0.29) is 0 Å². The second-order valence-corrected chi connectivity index (χ2v) is 4.07. The topological polar surface area (TPSA) is 30.3 Å². The molecule has 0 saturated heterocycles. The largest absolute Gasteiger partial charge is 0.479 e. The lowest BCUT2D eigenvalue weighted by atomic mass is 10.1. The smallest absolute Gasteiger partial charge is 0.240 e. The first kappa shape index (κ1) is 11.5. The number of ether oxygens (including phenoxy) is 1. The predicted molar refractivity (Wildman–Crippen MR) is 69.0 cm³/mol. The fourth-order valence-corrected chi connectivity index (χ4v) is 1.88. The normalized spacial score (nSPS) is 10.4. The van der Waals surface area contributed by atoms with E-state index in [1.165, 1.54) is 0 Å². The summed E-state index contributed by atoms with van der Waals surface area (Å²) in [6.45, 7) is 1.99. The van der Waals surface area contributed by atoms with E-state index in [0.717, 1.165) is 22.7 Å². The number of nitrogens with zero attached hydrogens (tertiary/aromatic N) is 3. The van der Waals surface area contributed by atoms with Crippen molar-refractivity contribution >= 4 is 0 Å². The molecule has 2 rings (SSSR count). The van der Waals surface area contributed by atoms with Crippen LogP contribution < -0.4 is 9.75 Å². The van der Waals surface area contributed by atoms with Crippen LogP contribution in [0.3, 0.4) is 0 Å². The average molecular weight is 231 g/mol. The van der Waals surface area contributed by atoms with Gasteiger partial charge in [-0.25, -0.2) is 0 Å². The van der Waals surface area contributed by atoms with Gasteiger partial charge in [0, 0.05) is 14.1 Å². The van der Waals surface area contributed by atoms with E-state index >= 15 is 0 Å². The molecule has 4 heteroatoms. The highest BCUT2D eigenvalue weighted by Crippen LogP contribution is 2.32. The molecule has 0 unspecified atom stereocenters. The van der Waals surface area contributed by atoms with Crippen molar-refractivity contribution in [3.63, 3.8) is 0 Å². The van der Waals surface area contributed by atoms with Crippen LogP contribution in [0.2, 0.25) is 0 Å². The van der Waals surface area contributed by atoms with Crippen molar-refractivity contribution in [1.82, 2.24) is 9.89 Å². The van der Waals surface area contributed by atoms with Gasteiger partial charge in [0.15, 0.2) is 0 Å². The maximum Gasteiger partial charge on any atom is 0.240 e. The van der Waals surface area contributed by atoms with Crippen LogP contribution in [0.5, 0.6) is 5.88 Å². The van der Waals surface area contributed by atoms with E-state index < -0.39 is 0 Å². The molecule has 1 aromatic carbocycles. The Morgan fingerprint density at radius 1 is 1.18 bits per heavy atom. The maximum absolute atomic E-state index is 5.47. The Labute approximate surface area is 101 Å². The predicted octanol–water partition coefficient (Wildman–Crippen LogP) is 2.06. The zero-order chi connectivity index (χ0) is 12.4. The highest BCUT2D eigenvalue weighted by Gasteiger charge is 2.18. The fourth-order valence-electron chi connectivity index (χ4n) is 1.88. The Bertz CT molecular complexity index is 503. The lowest BCUT2D eigenvalue weighted by Gasteiger charge is -2.15. The van der Waals surface area contributed by atoms with Crippen LogP contribution in [0.25, 0.3) is 11.1 Å². The molecule has 17 heavy (non-hydrogen) atoms. The van der Waals surface area contributed by atoms with Gasteiger partial charge in [-0.2, -0.15) is 5.10 Å². The summed E-state index contributed by atoms with van der Waals surface area (Å²) in [5.74, 6) is 0.763. The molecule has 0 fully saturated rings. The Balaban J connectivity index is 2.62. The lowest BCUT2D eigenvalue weighted by molar-refractivity contribution is 0.364. The van der Waals surface area contributed by atoms with Crippen LogP contribution >= 0.6 is 0 Å². The third kappa shape index (κ3) is 1.98.